The Bertz CT molecular complexity index is 1080. The van der Waals surface area contributed by atoms with Gasteiger partial charge in [-0.05, 0) is 29.8 Å². The van der Waals surface area contributed by atoms with Gasteiger partial charge in [-0.15, -0.1) is 0 Å². The highest BCUT2D eigenvalue weighted by molar-refractivity contribution is 5.97. The number of nitrogens with zero attached hydrogens (tertiary/aromatic N) is 3. The van der Waals surface area contributed by atoms with E-state index in [2.05, 4.69) is 4.90 Å². The summed E-state index contributed by atoms with van der Waals surface area (Å²) in [5, 5.41) is 0. The summed E-state index contributed by atoms with van der Waals surface area (Å²) in [7, 11) is 0. The number of ether oxygens (including phenoxy) is 1. The number of carbonyl (C=O) groups is 1. The molecule has 1 atom stereocenters. The summed E-state index contributed by atoms with van der Waals surface area (Å²) >= 11 is 0. The van der Waals surface area contributed by atoms with Crippen LogP contribution in [0.4, 0.5) is 15.8 Å². The minimum absolute atomic E-state index is 0.0499. The molecule has 5 nitrogen and oxygen atoms in total. The van der Waals surface area contributed by atoms with Crippen LogP contribution in [-0.2, 0) is 4.79 Å². The molecular formula is C26H26FN3O2. The molecule has 2 aliphatic rings. The summed E-state index contributed by atoms with van der Waals surface area (Å²) in [5.74, 6) is 0.582. The van der Waals surface area contributed by atoms with E-state index in [4.69, 9.17) is 4.74 Å². The lowest BCUT2D eigenvalue weighted by Crippen LogP contribution is -2.51. The van der Waals surface area contributed by atoms with Gasteiger partial charge in [-0.3, -0.25) is 14.6 Å². The molecule has 0 N–H and O–H groups in total. The Labute approximate surface area is 187 Å². The zero-order valence-corrected chi connectivity index (χ0v) is 17.9. The van der Waals surface area contributed by atoms with E-state index in [1.54, 1.807) is 6.07 Å². The molecule has 2 aliphatic heterocycles. The molecule has 3 aromatic carbocycles. The van der Waals surface area contributed by atoms with Gasteiger partial charge in [0.15, 0.2) is 0 Å². The van der Waals surface area contributed by atoms with Gasteiger partial charge < -0.3 is 9.64 Å². The number of amides is 1. The summed E-state index contributed by atoms with van der Waals surface area (Å²) in [6.07, 6.45) is 0. The number of hydrogen-bond acceptors (Lipinski definition) is 4. The van der Waals surface area contributed by atoms with Crippen molar-refractivity contribution >= 4 is 17.3 Å². The van der Waals surface area contributed by atoms with E-state index < -0.39 is 0 Å². The van der Waals surface area contributed by atoms with Gasteiger partial charge in [-0.1, -0.05) is 54.6 Å². The van der Waals surface area contributed by atoms with E-state index in [1.807, 2.05) is 76.5 Å². The van der Waals surface area contributed by atoms with Gasteiger partial charge in [0.25, 0.3) is 0 Å². The van der Waals surface area contributed by atoms with Crippen LogP contribution in [0.1, 0.15) is 11.6 Å². The highest BCUT2D eigenvalue weighted by atomic mass is 19.1. The molecule has 6 heteroatoms. The topological polar surface area (TPSA) is 36.0 Å². The molecule has 1 saturated heterocycles. The van der Waals surface area contributed by atoms with E-state index >= 15 is 0 Å². The second-order valence-corrected chi connectivity index (χ2v) is 8.18. The second-order valence-electron chi connectivity index (χ2n) is 8.18. The van der Waals surface area contributed by atoms with E-state index in [1.165, 1.54) is 6.07 Å². The molecule has 0 aromatic heterocycles. The van der Waals surface area contributed by atoms with Crippen molar-refractivity contribution in [2.45, 2.75) is 6.04 Å². The molecule has 3 aromatic rings. The predicted molar refractivity (Wildman–Crippen MR) is 124 cm³/mol. The molecule has 1 fully saturated rings. The Balaban J connectivity index is 1.32. The Morgan fingerprint density at radius 1 is 0.844 bits per heavy atom. The van der Waals surface area contributed by atoms with Gasteiger partial charge in [0.05, 0.1) is 24.0 Å². The number of carbonyl (C=O) groups excluding carboxylic acids is 1. The Kier molecular flexibility index (Phi) is 5.77. The molecule has 1 amide bonds. The maximum absolute atomic E-state index is 14.1. The highest BCUT2D eigenvalue weighted by Gasteiger charge is 2.34. The second kappa shape index (κ2) is 9.01. The van der Waals surface area contributed by atoms with Crippen LogP contribution in [0.15, 0.2) is 78.9 Å². The number of anilines is 2. The molecular weight excluding hydrogens is 405 g/mol. The molecule has 164 valence electrons. The third-order valence-electron chi connectivity index (χ3n) is 6.21. The van der Waals surface area contributed by atoms with Crippen LogP contribution < -0.4 is 14.5 Å². The maximum Gasteiger partial charge on any atom is 0.241 e. The largest absolute Gasteiger partial charge is 0.489 e. The highest BCUT2D eigenvalue weighted by Crippen LogP contribution is 2.39. The fourth-order valence-corrected chi connectivity index (χ4v) is 4.54. The monoisotopic (exact) mass is 431 g/mol. The van der Waals surface area contributed by atoms with Gasteiger partial charge in [-0.2, -0.15) is 0 Å². The van der Waals surface area contributed by atoms with Gasteiger partial charge in [0.1, 0.15) is 18.2 Å². The van der Waals surface area contributed by atoms with Crippen molar-refractivity contribution in [1.29, 1.82) is 0 Å². The number of hydrogen-bond donors (Lipinski definition) is 0. The number of halogens is 1. The molecule has 0 spiro atoms. The van der Waals surface area contributed by atoms with Crippen molar-refractivity contribution in [2.24, 2.45) is 0 Å². The Morgan fingerprint density at radius 3 is 2.25 bits per heavy atom. The van der Waals surface area contributed by atoms with E-state index in [0.29, 0.717) is 45.0 Å². The van der Waals surface area contributed by atoms with Crippen LogP contribution >= 0.6 is 0 Å². The van der Waals surface area contributed by atoms with Gasteiger partial charge >= 0.3 is 0 Å². The number of benzene rings is 3. The molecule has 0 saturated carbocycles. The maximum atomic E-state index is 14.1. The third kappa shape index (κ3) is 4.06. The smallest absolute Gasteiger partial charge is 0.241 e. The molecule has 2 heterocycles. The first kappa shape index (κ1) is 20.5. The third-order valence-corrected chi connectivity index (χ3v) is 6.21. The van der Waals surface area contributed by atoms with Crippen molar-refractivity contribution in [3.05, 3.63) is 90.2 Å². The number of rotatable bonds is 4. The lowest BCUT2D eigenvalue weighted by atomic mass is 10.0. The van der Waals surface area contributed by atoms with Crippen LogP contribution in [-0.4, -0.2) is 50.1 Å². The standard InChI is InChI=1S/C26H26FN3O2/c27-21-10-4-5-11-22(21)29-16-14-28(15-17-29)18-26(31)30-23-12-6-7-13-25(23)32-19-24(30)20-8-2-1-3-9-20/h1-13,24H,14-19H2. The van der Waals surface area contributed by atoms with E-state index in [0.717, 1.165) is 17.0 Å². The predicted octanol–water partition coefficient (Wildman–Crippen LogP) is 4.11. The lowest BCUT2D eigenvalue weighted by Gasteiger charge is -2.40. The molecule has 5 rings (SSSR count). The van der Waals surface area contributed by atoms with Crippen molar-refractivity contribution in [3.8, 4) is 5.75 Å². The Morgan fingerprint density at radius 2 is 1.50 bits per heavy atom. The zero-order valence-electron chi connectivity index (χ0n) is 17.9. The summed E-state index contributed by atoms with van der Waals surface area (Å²) < 4.78 is 20.1. The summed E-state index contributed by atoms with van der Waals surface area (Å²) in [6.45, 7) is 3.55. The van der Waals surface area contributed by atoms with Crippen LogP contribution in [0.3, 0.4) is 0 Å². The Hall–Kier alpha value is -3.38. The number of para-hydroxylation sites is 3. The normalized spacial score (nSPS) is 18.7. The van der Waals surface area contributed by atoms with Crippen molar-refractivity contribution in [2.75, 3.05) is 49.1 Å². The van der Waals surface area contributed by atoms with Crippen LogP contribution in [0.5, 0.6) is 5.75 Å². The van der Waals surface area contributed by atoms with E-state index in [-0.39, 0.29) is 17.8 Å². The molecule has 1 unspecified atom stereocenters. The average Bonchev–Trinajstić information content (AvgIpc) is 2.85. The summed E-state index contributed by atoms with van der Waals surface area (Å²) in [6, 6.07) is 24.4. The first-order chi connectivity index (χ1) is 15.7. The SMILES string of the molecule is O=C(CN1CCN(c2ccccc2F)CC1)N1c2ccccc2OCC1c1ccccc1. The summed E-state index contributed by atoms with van der Waals surface area (Å²) in [5.41, 5.74) is 2.49. The van der Waals surface area contributed by atoms with Crippen LogP contribution in [0.25, 0.3) is 0 Å². The first-order valence-electron chi connectivity index (χ1n) is 11.0. The lowest BCUT2D eigenvalue weighted by molar-refractivity contribution is -0.120. The van der Waals surface area contributed by atoms with Crippen molar-refractivity contribution < 1.29 is 13.9 Å². The number of piperazine rings is 1. The molecule has 0 bridgehead atoms. The fraction of sp³-hybridized carbons (Fsp3) is 0.269. The van der Waals surface area contributed by atoms with Crippen LogP contribution in [0.2, 0.25) is 0 Å². The molecule has 32 heavy (non-hydrogen) atoms. The molecule has 0 radical (unpaired) electrons. The van der Waals surface area contributed by atoms with Gasteiger partial charge in [-0.25, -0.2) is 4.39 Å². The first-order valence-corrected chi connectivity index (χ1v) is 11.0. The van der Waals surface area contributed by atoms with Crippen molar-refractivity contribution in [3.63, 3.8) is 0 Å². The quantitative estimate of drug-likeness (QED) is 0.623. The van der Waals surface area contributed by atoms with Gasteiger partial charge in [0, 0.05) is 26.2 Å². The van der Waals surface area contributed by atoms with Crippen molar-refractivity contribution in [1.82, 2.24) is 4.90 Å². The van der Waals surface area contributed by atoms with E-state index in [9.17, 15) is 9.18 Å². The minimum atomic E-state index is -0.201. The fourth-order valence-electron chi connectivity index (χ4n) is 4.54. The minimum Gasteiger partial charge on any atom is -0.489 e. The zero-order chi connectivity index (χ0) is 21.9. The summed E-state index contributed by atoms with van der Waals surface area (Å²) in [4.78, 5) is 19.7. The number of fused-ring (bicyclic) bond motifs is 1. The molecule has 0 aliphatic carbocycles. The van der Waals surface area contributed by atoms with Crippen LogP contribution in [0, 0.1) is 5.82 Å². The van der Waals surface area contributed by atoms with Gasteiger partial charge in [0.2, 0.25) is 5.91 Å². The average molecular weight is 432 g/mol.